The van der Waals surface area contributed by atoms with Gasteiger partial charge in [-0.25, -0.2) is 4.98 Å². The number of rotatable bonds is 2. The zero-order chi connectivity index (χ0) is 10.7. The second kappa shape index (κ2) is 4.47. The molecule has 1 aliphatic rings. The van der Waals surface area contributed by atoms with Crippen LogP contribution in [0.4, 0.5) is 15.9 Å². The molecular weight excluding hydrogens is 193 g/mol. The highest BCUT2D eigenvalue weighted by Gasteiger charge is 2.20. The molecule has 1 fully saturated rings. The Balaban J connectivity index is 2.06. The number of nitrogens with two attached hydrogens (primary N) is 1. The molecule has 1 saturated heterocycles. The van der Waals surface area contributed by atoms with Crippen LogP contribution in [0, 0.1) is 5.92 Å². The first-order valence-electron chi connectivity index (χ1n) is 5.32. The summed E-state index contributed by atoms with van der Waals surface area (Å²) in [5, 5.41) is 0. The van der Waals surface area contributed by atoms with E-state index in [4.69, 9.17) is 5.73 Å². The molecule has 1 aliphatic heterocycles. The molecule has 15 heavy (non-hydrogen) atoms. The predicted molar refractivity (Wildman–Crippen MR) is 59.6 cm³/mol. The van der Waals surface area contributed by atoms with Gasteiger partial charge >= 0.3 is 0 Å². The number of nitrogen functional groups attached to an aromatic ring is 1. The normalized spacial score (nSPS) is 21.7. The number of hydrogen-bond donors (Lipinski definition) is 1. The summed E-state index contributed by atoms with van der Waals surface area (Å²) in [5.41, 5.74) is 6.23. The van der Waals surface area contributed by atoms with E-state index in [0.29, 0.717) is 5.69 Å². The van der Waals surface area contributed by atoms with Crippen molar-refractivity contribution in [2.75, 3.05) is 30.4 Å². The third kappa shape index (κ3) is 2.37. The van der Waals surface area contributed by atoms with Crippen LogP contribution < -0.4 is 10.6 Å². The Kier molecular flexibility index (Phi) is 3.04. The highest BCUT2D eigenvalue weighted by Crippen LogP contribution is 2.22. The van der Waals surface area contributed by atoms with E-state index >= 15 is 0 Å². The molecule has 0 aromatic carbocycles. The van der Waals surface area contributed by atoms with Crippen LogP contribution in [0.3, 0.4) is 0 Å². The van der Waals surface area contributed by atoms with Crippen molar-refractivity contribution in [3.8, 4) is 0 Å². The second-order valence-corrected chi connectivity index (χ2v) is 4.06. The van der Waals surface area contributed by atoms with Crippen LogP contribution in [-0.2, 0) is 0 Å². The molecule has 1 aromatic heterocycles. The molecule has 2 heterocycles. The van der Waals surface area contributed by atoms with Crippen LogP contribution in [0.2, 0.25) is 0 Å². The highest BCUT2D eigenvalue weighted by molar-refractivity contribution is 5.45. The van der Waals surface area contributed by atoms with Gasteiger partial charge in [-0.05, 0) is 25.0 Å². The van der Waals surface area contributed by atoms with Gasteiger partial charge < -0.3 is 10.6 Å². The van der Waals surface area contributed by atoms with Crippen molar-refractivity contribution < 1.29 is 4.39 Å². The van der Waals surface area contributed by atoms with Crippen LogP contribution in [0.25, 0.3) is 0 Å². The molecule has 0 aliphatic carbocycles. The van der Waals surface area contributed by atoms with E-state index < -0.39 is 0 Å². The standard InChI is InChI=1S/C11H16FN3/c12-6-9-2-1-5-15(8-9)11-4-3-10(13)7-14-11/h3-4,7,9H,1-2,5-6,8,13H2/t9-/m1/s1. The van der Waals surface area contributed by atoms with E-state index in [1.807, 2.05) is 12.1 Å². The smallest absolute Gasteiger partial charge is 0.128 e. The number of anilines is 2. The van der Waals surface area contributed by atoms with Gasteiger partial charge in [-0.15, -0.1) is 0 Å². The van der Waals surface area contributed by atoms with Crippen molar-refractivity contribution in [1.29, 1.82) is 0 Å². The van der Waals surface area contributed by atoms with Gasteiger partial charge in [-0.2, -0.15) is 0 Å². The molecular formula is C11H16FN3. The van der Waals surface area contributed by atoms with Gasteiger partial charge in [-0.1, -0.05) is 0 Å². The molecule has 0 radical (unpaired) electrons. The maximum Gasteiger partial charge on any atom is 0.128 e. The Hall–Kier alpha value is -1.32. The van der Waals surface area contributed by atoms with E-state index in [0.717, 1.165) is 31.7 Å². The molecule has 2 N–H and O–H groups in total. The first-order valence-corrected chi connectivity index (χ1v) is 5.32. The number of halogens is 1. The van der Waals surface area contributed by atoms with Gasteiger partial charge in [0, 0.05) is 19.0 Å². The fourth-order valence-corrected chi connectivity index (χ4v) is 1.98. The van der Waals surface area contributed by atoms with E-state index in [-0.39, 0.29) is 12.6 Å². The van der Waals surface area contributed by atoms with Gasteiger partial charge in [0.05, 0.1) is 18.6 Å². The van der Waals surface area contributed by atoms with Crippen LogP contribution in [0.15, 0.2) is 18.3 Å². The van der Waals surface area contributed by atoms with Crippen molar-refractivity contribution in [3.63, 3.8) is 0 Å². The van der Waals surface area contributed by atoms with E-state index in [2.05, 4.69) is 9.88 Å². The summed E-state index contributed by atoms with van der Waals surface area (Å²) in [7, 11) is 0. The number of pyridine rings is 1. The van der Waals surface area contributed by atoms with Crippen molar-refractivity contribution in [3.05, 3.63) is 18.3 Å². The number of aromatic nitrogens is 1. The van der Waals surface area contributed by atoms with Crippen molar-refractivity contribution >= 4 is 11.5 Å². The zero-order valence-electron chi connectivity index (χ0n) is 8.69. The third-order valence-corrected chi connectivity index (χ3v) is 2.83. The van der Waals surface area contributed by atoms with Crippen molar-refractivity contribution in [2.24, 2.45) is 5.92 Å². The molecule has 0 unspecified atom stereocenters. The van der Waals surface area contributed by atoms with Gasteiger partial charge in [0.1, 0.15) is 5.82 Å². The summed E-state index contributed by atoms with van der Waals surface area (Å²) in [4.78, 5) is 6.38. The minimum atomic E-state index is -0.231. The number of nitrogens with zero attached hydrogens (tertiary/aromatic N) is 2. The summed E-state index contributed by atoms with van der Waals surface area (Å²) in [5.74, 6) is 1.07. The second-order valence-electron chi connectivity index (χ2n) is 4.06. The maximum absolute atomic E-state index is 12.6. The average Bonchev–Trinajstić information content (AvgIpc) is 2.30. The Labute approximate surface area is 89.1 Å². The molecule has 1 atom stereocenters. The lowest BCUT2D eigenvalue weighted by Crippen LogP contribution is -2.36. The number of piperidine rings is 1. The van der Waals surface area contributed by atoms with Crippen molar-refractivity contribution in [2.45, 2.75) is 12.8 Å². The van der Waals surface area contributed by atoms with E-state index in [9.17, 15) is 4.39 Å². The molecule has 3 nitrogen and oxygen atoms in total. The van der Waals surface area contributed by atoms with Crippen LogP contribution >= 0.6 is 0 Å². The van der Waals surface area contributed by atoms with E-state index in [1.165, 1.54) is 0 Å². The molecule has 0 saturated carbocycles. The predicted octanol–water partition coefficient (Wildman–Crippen LogP) is 1.85. The lowest BCUT2D eigenvalue weighted by Gasteiger charge is -2.32. The Morgan fingerprint density at radius 2 is 2.40 bits per heavy atom. The monoisotopic (exact) mass is 209 g/mol. The zero-order valence-corrected chi connectivity index (χ0v) is 8.69. The minimum Gasteiger partial charge on any atom is -0.397 e. The number of hydrogen-bond acceptors (Lipinski definition) is 3. The SMILES string of the molecule is Nc1ccc(N2CCC[C@H](CF)C2)nc1. The van der Waals surface area contributed by atoms with Gasteiger partial charge in [0.2, 0.25) is 0 Å². The lowest BCUT2D eigenvalue weighted by molar-refractivity contribution is 0.315. The first-order chi connectivity index (χ1) is 7.29. The fourth-order valence-electron chi connectivity index (χ4n) is 1.98. The fraction of sp³-hybridized carbons (Fsp3) is 0.545. The van der Waals surface area contributed by atoms with Crippen LogP contribution in [0.5, 0.6) is 0 Å². The summed E-state index contributed by atoms with van der Waals surface area (Å²) in [6, 6.07) is 3.73. The van der Waals surface area contributed by atoms with Crippen LogP contribution in [-0.4, -0.2) is 24.7 Å². The topological polar surface area (TPSA) is 42.1 Å². The van der Waals surface area contributed by atoms with Crippen LogP contribution in [0.1, 0.15) is 12.8 Å². The largest absolute Gasteiger partial charge is 0.397 e. The van der Waals surface area contributed by atoms with E-state index in [1.54, 1.807) is 6.20 Å². The molecule has 0 spiro atoms. The molecule has 4 heteroatoms. The summed E-state index contributed by atoms with van der Waals surface area (Å²) in [6.07, 6.45) is 3.68. The van der Waals surface area contributed by atoms with Crippen molar-refractivity contribution in [1.82, 2.24) is 4.98 Å². The summed E-state index contributed by atoms with van der Waals surface area (Å²) < 4.78 is 12.6. The average molecular weight is 209 g/mol. The summed E-state index contributed by atoms with van der Waals surface area (Å²) in [6.45, 7) is 1.51. The Morgan fingerprint density at radius 3 is 3.07 bits per heavy atom. The molecule has 1 aromatic rings. The van der Waals surface area contributed by atoms with Gasteiger partial charge in [0.25, 0.3) is 0 Å². The lowest BCUT2D eigenvalue weighted by atomic mass is 9.99. The quantitative estimate of drug-likeness (QED) is 0.808. The van der Waals surface area contributed by atoms with Gasteiger partial charge in [-0.3, -0.25) is 4.39 Å². The third-order valence-electron chi connectivity index (χ3n) is 2.83. The summed E-state index contributed by atoms with van der Waals surface area (Å²) >= 11 is 0. The molecule has 0 bridgehead atoms. The molecule has 82 valence electrons. The maximum atomic E-state index is 12.6. The molecule has 0 amide bonds. The first kappa shape index (κ1) is 10.2. The Bertz CT molecular complexity index is 312. The highest BCUT2D eigenvalue weighted by atomic mass is 19.1. The van der Waals surface area contributed by atoms with Gasteiger partial charge in [0.15, 0.2) is 0 Å². The minimum absolute atomic E-state index is 0.165. The number of alkyl halides is 1. The Morgan fingerprint density at radius 1 is 1.53 bits per heavy atom. The molecule has 2 rings (SSSR count).